The van der Waals surface area contributed by atoms with E-state index in [1.807, 2.05) is 0 Å². The first-order valence-corrected chi connectivity index (χ1v) is 2.10. The summed E-state index contributed by atoms with van der Waals surface area (Å²) in [6, 6.07) is 0. The van der Waals surface area contributed by atoms with Crippen LogP contribution in [0.3, 0.4) is 0 Å². The normalized spacial score (nSPS) is 8.29. The summed E-state index contributed by atoms with van der Waals surface area (Å²) in [7, 11) is -4.67. The van der Waals surface area contributed by atoms with Gasteiger partial charge < -0.3 is 5.48 Å². The van der Waals surface area contributed by atoms with E-state index in [0.717, 1.165) is 0 Å². The van der Waals surface area contributed by atoms with Crippen molar-refractivity contribution < 1.29 is 23.0 Å². The number of hydrogen-bond acceptors (Lipinski definition) is 2. The summed E-state index contributed by atoms with van der Waals surface area (Å²) in [5, 5.41) is 0. The van der Waals surface area contributed by atoms with Crippen LogP contribution in [0.15, 0.2) is 0 Å². The van der Waals surface area contributed by atoms with Gasteiger partial charge in [0.25, 0.3) is 0 Å². The summed E-state index contributed by atoms with van der Waals surface area (Å²) in [4.78, 5) is 0. The third kappa shape index (κ3) is 593. The summed E-state index contributed by atoms with van der Waals surface area (Å²) in [5.74, 6) is 0. The fraction of sp³-hybridized carbons (Fsp3) is 0. The molecule has 0 rings (SSSR count). The van der Waals surface area contributed by atoms with E-state index in [4.69, 9.17) is 17.5 Å². The van der Waals surface area contributed by atoms with Crippen LogP contribution in [0, 0.1) is 0 Å². The second kappa shape index (κ2) is 4.62. The van der Waals surface area contributed by atoms with Crippen LogP contribution in [-0.4, -0.2) is 42.8 Å². The van der Waals surface area contributed by atoms with Crippen LogP contribution in [0.4, 0.5) is 0 Å². The fourth-order valence-electron chi connectivity index (χ4n) is 0. The van der Waals surface area contributed by atoms with E-state index in [1.165, 1.54) is 0 Å². The Morgan fingerprint density at radius 1 is 1.14 bits per heavy atom. The van der Waals surface area contributed by atoms with Gasteiger partial charge in [-0.05, 0) is 0 Å². The van der Waals surface area contributed by atoms with Crippen LogP contribution in [0.1, 0.15) is 0 Å². The first kappa shape index (κ1) is 15.7. The summed E-state index contributed by atoms with van der Waals surface area (Å²) in [6.07, 6.45) is 0. The van der Waals surface area contributed by atoms with Crippen molar-refractivity contribution in [2.24, 2.45) is 0 Å². The zero-order valence-corrected chi connectivity index (χ0v) is 3.44. The molecule has 0 spiro atoms. The van der Waals surface area contributed by atoms with E-state index in [9.17, 15) is 0 Å². The van der Waals surface area contributed by atoms with Crippen molar-refractivity contribution in [3.05, 3.63) is 0 Å². The Morgan fingerprint density at radius 2 is 1.14 bits per heavy atom. The van der Waals surface area contributed by atoms with Gasteiger partial charge in [0.2, 0.25) is 0 Å². The molecule has 0 aliphatic heterocycles. The third-order valence-corrected chi connectivity index (χ3v) is 0. The van der Waals surface area contributed by atoms with Gasteiger partial charge in [-0.15, -0.1) is 0 Å². The third-order valence-electron chi connectivity index (χ3n) is 0. The molecule has 0 aromatic rings. The molecule has 0 aromatic carbocycles. The molecule has 7 heteroatoms. The molecule has 0 radical (unpaired) electrons. The van der Waals surface area contributed by atoms with Crippen LogP contribution >= 0.6 is 0 Å². The van der Waals surface area contributed by atoms with Crippen molar-refractivity contribution in [2.45, 2.75) is 0 Å². The molecule has 0 heterocycles. The number of rotatable bonds is 0. The Kier molecular flexibility index (Phi) is 10.3. The second-order valence-corrected chi connectivity index (χ2v) is 1.34. The molecule has 0 aliphatic rings. The molecule has 7 heavy (non-hydrogen) atoms. The van der Waals surface area contributed by atoms with Gasteiger partial charge in [-0.1, -0.05) is 0 Å². The van der Waals surface area contributed by atoms with Gasteiger partial charge in [-0.3, -0.25) is 9.11 Å². The van der Waals surface area contributed by atoms with E-state index in [2.05, 4.69) is 0 Å². The zero-order valence-electron chi connectivity index (χ0n) is 2.62. The van der Waals surface area contributed by atoms with Crippen molar-refractivity contribution >= 4 is 30.2 Å². The molecule has 0 saturated carbocycles. The molecule has 5 nitrogen and oxygen atoms in total. The van der Waals surface area contributed by atoms with Crippen LogP contribution in [0.5, 0.6) is 0 Å². The maximum absolute atomic E-state index is 8.74. The van der Waals surface area contributed by atoms with Gasteiger partial charge in [0.15, 0.2) is 0 Å². The van der Waals surface area contributed by atoms with E-state index in [-0.39, 0.29) is 25.3 Å². The van der Waals surface area contributed by atoms with Gasteiger partial charge in [0, 0.05) is 0 Å². The molecule has 0 aliphatic carbocycles. The van der Waals surface area contributed by atoms with Crippen LogP contribution in [-0.2, 0) is 10.4 Å². The van der Waals surface area contributed by atoms with Crippen LogP contribution in [0.2, 0.25) is 0 Å². The van der Waals surface area contributed by atoms with Crippen LogP contribution < -0.4 is 0 Å². The maximum atomic E-state index is 8.74. The molecular formula is H7GaO5S. The fourth-order valence-corrected chi connectivity index (χ4v) is 0. The molecular weight excluding hydrogens is 182 g/mol. The number of hydrogen-bond donors (Lipinski definition) is 2. The predicted octanol–water partition coefficient (Wildman–Crippen LogP) is -2.66. The molecule has 4 N–H and O–H groups in total. The Labute approximate surface area is 53.7 Å². The van der Waals surface area contributed by atoms with Crippen LogP contribution in [0.25, 0.3) is 0 Å². The molecule has 0 aromatic heterocycles. The first-order valence-electron chi connectivity index (χ1n) is 0.698. The van der Waals surface area contributed by atoms with Crippen molar-refractivity contribution in [1.29, 1.82) is 0 Å². The molecule has 0 saturated heterocycles. The topological polar surface area (TPSA) is 106 Å². The van der Waals surface area contributed by atoms with E-state index >= 15 is 0 Å². The van der Waals surface area contributed by atoms with Gasteiger partial charge in [0.05, 0.1) is 0 Å². The standard InChI is InChI=1S/Ga.H2O4S.H2O.3H/c;1-5(2,3)4;;;;/h;(H2,1,2,3,4);1H2;;;. The van der Waals surface area contributed by atoms with E-state index < -0.39 is 10.4 Å². The van der Waals surface area contributed by atoms with Crippen molar-refractivity contribution in [1.82, 2.24) is 0 Å². The minimum atomic E-state index is -4.67. The quantitative estimate of drug-likeness (QED) is 0.320. The van der Waals surface area contributed by atoms with Gasteiger partial charge in [0.1, 0.15) is 0 Å². The van der Waals surface area contributed by atoms with Gasteiger partial charge >= 0.3 is 30.2 Å². The molecule has 46 valence electrons. The molecule has 0 amide bonds. The summed E-state index contributed by atoms with van der Waals surface area (Å²) in [5.41, 5.74) is 0. The SMILES string of the molecule is O.O=S(=O)(O)O.[GaH3]. The molecule has 0 atom stereocenters. The Hall–Kier alpha value is 0.466. The first-order chi connectivity index (χ1) is 2.00. The molecule has 0 fully saturated rings. The average molecular weight is 189 g/mol. The summed E-state index contributed by atoms with van der Waals surface area (Å²) < 4.78 is 31.6. The second-order valence-electron chi connectivity index (χ2n) is 0.448. The van der Waals surface area contributed by atoms with Crippen molar-refractivity contribution in [2.75, 3.05) is 0 Å². The Bertz CT molecular complexity index is 91.2. The average Bonchev–Trinajstić information content (AvgIpc) is 0.722. The monoisotopic (exact) mass is 188 g/mol. The van der Waals surface area contributed by atoms with E-state index in [1.54, 1.807) is 0 Å². The van der Waals surface area contributed by atoms with Gasteiger partial charge in [-0.25, -0.2) is 0 Å². The van der Waals surface area contributed by atoms with Crippen molar-refractivity contribution in [3.63, 3.8) is 0 Å². The zero-order chi connectivity index (χ0) is 4.50. The Balaban J connectivity index is -0.0000000800. The van der Waals surface area contributed by atoms with E-state index in [0.29, 0.717) is 0 Å². The summed E-state index contributed by atoms with van der Waals surface area (Å²) >= 11 is 0. The molecule has 0 unspecified atom stereocenters. The minimum absolute atomic E-state index is 0. The predicted molar refractivity (Wildman–Crippen MR) is 27.7 cm³/mol. The van der Waals surface area contributed by atoms with Gasteiger partial charge in [-0.2, -0.15) is 8.42 Å². The Morgan fingerprint density at radius 3 is 1.14 bits per heavy atom. The summed E-state index contributed by atoms with van der Waals surface area (Å²) in [6.45, 7) is 0. The van der Waals surface area contributed by atoms with Crippen molar-refractivity contribution in [3.8, 4) is 0 Å². The molecule has 0 bridgehead atoms.